The van der Waals surface area contributed by atoms with Gasteiger partial charge in [0.25, 0.3) is 0 Å². The van der Waals surface area contributed by atoms with Crippen molar-refractivity contribution < 1.29 is 64.7 Å². The number of hydrogen-bond acceptors (Lipinski definition) is 10. The zero-order valence-corrected chi connectivity index (χ0v) is 18.9. The van der Waals surface area contributed by atoms with Crippen LogP contribution < -0.4 is 0 Å². The summed E-state index contributed by atoms with van der Waals surface area (Å²) in [7, 11) is 0. The second-order valence-electron chi connectivity index (χ2n) is 6.73. The van der Waals surface area contributed by atoms with Crippen LogP contribution in [0.2, 0.25) is 0 Å². The molecule has 0 radical (unpaired) electrons. The summed E-state index contributed by atoms with van der Waals surface area (Å²) in [4.78, 5) is 27.8. The van der Waals surface area contributed by atoms with Crippen molar-refractivity contribution in [2.45, 2.75) is 36.6 Å². The molecule has 2 unspecified atom stereocenters. The second kappa shape index (κ2) is 20.9. The molecule has 34 heavy (non-hydrogen) atoms. The van der Waals surface area contributed by atoms with Gasteiger partial charge in [-0.05, 0) is 19.3 Å². The number of carbonyl (C=O) groups is 3. The second-order valence-corrected chi connectivity index (χ2v) is 6.73. The third-order valence-electron chi connectivity index (χ3n) is 3.98. The molecule has 0 aromatic heterocycles. The molecule has 0 aromatic carbocycles. The van der Waals surface area contributed by atoms with Crippen molar-refractivity contribution in [3.8, 4) is 0 Å². The van der Waals surface area contributed by atoms with Gasteiger partial charge in [-0.2, -0.15) is 0 Å². The zero-order valence-electron chi connectivity index (χ0n) is 18.9. The molecule has 1 saturated carbocycles. The Bertz CT molecular complexity index is 573. The maximum atomic E-state index is 10.00. The van der Waals surface area contributed by atoms with Crippen molar-refractivity contribution >= 4 is 17.9 Å². The molecule has 13 heteroatoms. The van der Waals surface area contributed by atoms with Gasteiger partial charge in [0.2, 0.25) is 0 Å². The van der Waals surface area contributed by atoms with E-state index in [9.17, 15) is 24.6 Å². The maximum Gasteiger partial charge on any atom is 0.327 e. The van der Waals surface area contributed by atoms with Gasteiger partial charge in [-0.25, -0.2) is 14.4 Å². The smallest absolute Gasteiger partial charge is 0.327 e. The quantitative estimate of drug-likeness (QED) is 0.117. The van der Waals surface area contributed by atoms with Crippen LogP contribution in [0.25, 0.3) is 0 Å². The number of aliphatic carboxylic acids is 3. The van der Waals surface area contributed by atoms with Crippen LogP contribution in [-0.2, 0) is 23.9 Å². The van der Waals surface area contributed by atoms with E-state index >= 15 is 0 Å². The van der Waals surface area contributed by atoms with E-state index in [0.29, 0.717) is 12.8 Å². The van der Waals surface area contributed by atoms with E-state index in [1.54, 1.807) is 0 Å². The molecule has 1 rings (SSSR count). The minimum absolute atomic E-state index is 0.167. The number of carboxylic acids is 3. The average molecular weight is 497 g/mol. The number of ether oxygens (including phenoxy) is 2. The van der Waals surface area contributed by atoms with Crippen LogP contribution >= 0.6 is 0 Å². The molecule has 1 aliphatic rings. The van der Waals surface area contributed by atoms with Crippen molar-refractivity contribution in [1.29, 1.82) is 0 Å². The lowest BCUT2D eigenvalue weighted by Gasteiger charge is -2.28. The average Bonchev–Trinajstić information content (AvgIpc) is 3.20. The first-order valence-corrected chi connectivity index (χ1v) is 9.84. The molecule has 8 N–H and O–H groups in total. The third-order valence-corrected chi connectivity index (χ3v) is 3.98. The van der Waals surface area contributed by atoms with Crippen LogP contribution in [0, 0.1) is 0 Å². The van der Waals surface area contributed by atoms with E-state index < -0.39 is 48.4 Å². The highest BCUT2D eigenvalue weighted by atomic mass is 16.5. The summed E-state index contributed by atoms with van der Waals surface area (Å²) in [6.45, 7) is 7.56. The first kappa shape index (κ1) is 35.9. The Morgan fingerprint density at radius 2 is 1.32 bits per heavy atom. The molecule has 0 saturated heterocycles. The highest BCUT2D eigenvalue weighted by Crippen LogP contribution is 2.31. The van der Waals surface area contributed by atoms with Gasteiger partial charge in [-0.3, -0.25) is 0 Å². The summed E-state index contributed by atoms with van der Waals surface area (Å²) < 4.78 is 10.6. The molecule has 0 aliphatic heterocycles. The Balaban J connectivity index is -0.000000521. The highest BCUT2D eigenvalue weighted by Gasteiger charge is 2.41. The fraction of sp³-hybridized carbons (Fsp3) is 0.571. The lowest BCUT2D eigenvalue weighted by molar-refractivity contribution is -0.135. The monoisotopic (exact) mass is 496 g/mol. The fourth-order valence-electron chi connectivity index (χ4n) is 2.10. The standard InChI is InChI=1S/C12H24O7.3C3H4O2/c13-6-11(16,7-14)9-18-4-5-19-10-2-1-3-12(10,17)8-15;3*1-2-3(4)5/h10,13-17H,1-9H2;3*2H,1H2,(H,4,5). The minimum atomic E-state index is -1.64. The molecule has 2 atom stereocenters. The summed E-state index contributed by atoms with van der Waals surface area (Å²) in [6.07, 6.45) is 4.10. The molecule has 13 nitrogen and oxygen atoms in total. The number of hydrogen-bond donors (Lipinski definition) is 8. The lowest BCUT2D eigenvalue weighted by Crippen LogP contribution is -2.44. The number of carboxylic acid groups (broad SMARTS) is 3. The largest absolute Gasteiger partial charge is 0.478 e. The van der Waals surface area contributed by atoms with E-state index in [1.165, 1.54) is 0 Å². The van der Waals surface area contributed by atoms with E-state index in [4.69, 9.17) is 40.1 Å². The summed E-state index contributed by atoms with van der Waals surface area (Å²) in [6, 6.07) is 0. The van der Waals surface area contributed by atoms with E-state index in [0.717, 1.165) is 24.6 Å². The molecule has 0 heterocycles. The van der Waals surface area contributed by atoms with Gasteiger partial charge in [0.15, 0.2) is 0 Å². The van der Waals surface area contributed by atoms with Gasteiger partial charge in [-0.15, -0.1) is 0 Å². The van der Waals surface area contributed by atoms with Crippen LogP contribution in [-0.4, -0.2) is 116 Å². The van der Waals surface area contributed by atoms with Crippen molar-refractivity contribution in [2.24, 2.45) is 0 Å². The van der Waals surface area contributed by atoms with Crippen molar-refractivity contribution in [3.63, 3.8) is 0 Å². The fourth-order valence-corrected chi connectivity index (χ4v) is 2.10. The summed E-state index contributed by atoms with van der Waals surface area (Å²) in [5.74, 6) is -2.94. The first-order chi connectivity index (χ1) is 15.8. The molecule has 1 aliphatic carbocycles. The van der Waals surface area contributed by atoms with Crippen LogP contribution in [0.3, 0.4) is 0 Å². The van der Waals surface area contributed by atoms with Gasteiger partial charge in [0.05, 0.1) is 45.7 Å². The minimum Gasteiger partial charge on any atom is -0.478 e. The topological polar surface area (TPSA) is 232 Å². The normalized spacial score (nSPS) is 18.4. The number of aliphatic hydroxyl groups excluding tert-OH is 3. The van der Waals surface area contributed by atoms with Crippen molar-refractivity contribution in [3.05, 3.63) is 38.0 Å². The first-order valence-electron chi connectivity index (χ1n) is 9.84. The lowest BCUT2D eigenvalue weighted by atomic mass is 10.0. The Hall–Kier alpha value is -2.65. The van der Waals surface area contributed by atoms with Crippen LogP contribution in [0.15, 0.2) is 38.0 Å². The Kier molecular flexibility index (Phi) is 22.1. The molecule has 0 aromatic rings. The maximum absolute atomic E-state index is 10.00. The third kappa shape index (κ3) is 20.0. The number of aliphatic hydroxyl groups is 5. The number of rotatable bonds is 12. The summed E-state index contributed by atoms with van der Waals surface area (Å²) in [5, 5.41) is 69.1. The Labute approximate surface area is 197 Å². The van der Waals surface area contributed by atoms with Gasteiger partial charge in [0, 0.05) is 18.2 Å². The molecule has 198 valence electrons. The van der Waals surface area contributed by atoms with Gasteiger partial charge in [-0.1, -0.05) is 19.7 Å². The molecule has 0 amide bonds. The van der Waals surface area contributed by atoms with Crippen molar-refractivity contribution in [2.75, 3.05) is 39.6 Å². The summed E-state index contributed by atoms with van der Waals surface area (Å²) in [5.41, 5.74) is -2.81. The Morgan fingerprint density at radius 3 is 1.65 bits per heavy atom. The van der Waals surface area contributed by atoms with E-state index in [2.05, 4.69) is 19.7 Å². The van der Waals surface area contributed by atoms with Crippen LogP contribution in [0.4, 0.5) is 0 Å². The predicted octanol–water partition coefficient (Wildman–Crippen LogP) is -1.22. The van der Waals surface area contributed by atoms with E-state index in [-0.39, 0.29) is 26.4 Å². The molecular formula is C21H36O13. The highest BCUT2D eigenvalue weighted by molar-refractivity contribution is 5.79. The molecule has 0 spiro atoms. The zero-order chi connectivity index (χ0) is 27.2. The summed E-state index contributed by atoms with van der Waals surface area (Å²) >= 11 is 0. The van der Waals surface area contributed by atoms with Gasteiger partial charge < -0.3 is 50.3 Å². The predicted molar refractivity (Wildman–Crippen MR) is 119 cm³/mol. The van der Waals surface area contributed by atoms with E-state index in [1.807, 2.05) is 0 Å². The molecule has 0 bridgehead atoms. The Morgan fingerprint density at radius 1 is 0.912 bits per heavy atom. The van der Waals surface area contributed by atoms with Gasteiger partial charge in [0.1, 0.15) is 11.2 Å². The van der Waals surface area contributed by atoms with Crippen LogP contribution in [0.5, 0.6) is 0 Å². The molecular weight excluding hydrogens is 460 g/mol. The van der Waals surface area contributed by atoms with Crippen molar-refractivity contribution in [1.82, 2.24) is 0 Å². The van der Waals surface area contributed by atoms with Crippen LogP contribution in [0.1, 0.15) is 19.3 Å². The van der Waals surface area contributed by atoms with Gasteiger partial charge >= 0.3 is 17.9 Å². The SMILES string of the molecule is C=CC(=O)O.C=CC(=O)O.C=CC(=O)O.OCC(O)(CO)COCCOC1CCCC1(O)CO. The molecule has 1 fully saturated rings.